The molecule has 45 heavy (non-hydrogen) atoms. The van der Waals surface area contributed by atoms with E-state index in [1.165, 1.54) is 21.3 Å². The first kappa shape index (κ1) is 30.1. The number of nitrogens with one attached hydrogen (secondary N) is 1. The highest BCUT2D eigenvalue weighted by atomic mass is 19.1. The maximum Gasteiger partial charge on any atom is 0.322 e. The number of benzene rings is 1. The number of piperidine rings is 1. The fraction of sp³-hybridized carbons (Fsp3) is 0.353. The van der Waals surface area contributed by atoms with E-state index in [4.69, 9.17) is 4.98 Å². The second kappa shape index (κ2) is 11.2. The lowest BCUT2D eigenvalue weighted by Crippen LogP contribution is -2.52. The van der Waals surface area contributed by atoms with Gasteiger partial charge in [0.25, 0.3) is 0 Å². The van der Waals surface area contributed by atoms with Crippen LogP contribution in [0.2, 0.25) is 0 Å². The quantitative estimate of drug-likeness (QED) is 0.208. The van der Waals surface area contributed by atoms with Crippen molar-refractivity contribution in [1.82, 2.24) is 34.2 Å². The monoisotopic (exact) mass is 609 g/mol. The first-order valence-electron chi connectivity index (χ1n) is 15.2. The van der Waals surface area contributed by atoms with Crippen molar-refractivity contribution in [2.24, 2.45) is 0 Å². The number of hydrogen-bond acceptors (Lipinski definition) is 6. The molecule has 0 radical (unpaired) electrons. The number of amides is 1. The molecule has 1 aromatic carbocycles. The highest BCUT2D eigenvalue weighted by Gasteiger charge is 2.36. The average molecular weight is 610 g/mol. The molecule has 1 aliphatic heterocycles. The number of likely N-dealkylation sites (tertiary alicyclic amines) is 1. The lowest BCUT2D eigenvalue weighted by atomic mass is 9.92. The minimum atomic E-state index is -0.797. The van der Waals surface area contributed by atoms with Crippen molar-refractivity contribution in [3.8, 4) is 16.9 Å². The summed E-state index contributed by atoms with van der Waals surface area (Å²) < 4.78 is 19.1. The Kier molecular flexibility index (Phi) is 7.50. The number of carbonyl (C=O) groups excluding carboxylic acids is 1. The SMILES string of the molecule is C=CC(=O)N1[C@H](C)CC(n2c(=O)c(=O)n(-c3c(C)ccnc3C(C)C)c3nc(-c4c(C)ccc5[nH]ncc45)c(F)cc32)C[C@H]1C. The summed E-state index contributed by atoms with van der Waals surface area (Å²) in [6, 6.07) is 5.84. The molecule has 232 valence electrons. The minimum Gasteiger partial charge on any atom is -0.334 e. The van der Waals surface area contributed by atoms with Gasteiger partial charge in [0.2, 0.25) is 5.91 Å². The number of H-pyrrole nitrogens is 1. The average Bonchev–Trinajstić information content (AvgIpc) is 3.47. The van der Waals surface area contributed by atoms with Gasteiger partial charge in [0.15, 0.2) is 11.5 Å². The first-order chi connectivity index (χ1) is 21.4. The number of hydrogen-bond donors (Lipinski definition) is 1. The van der Waals surface area contributed by atoms with E-state index in [9.17, 15) is 14.4 Å². The number of carbonyl (C=O) groups is 1. The topological polar surface area (TPSA) is 119 Å². The Bertz CT molecular complexity index is 2110. The predicted octanol–water partition coefficient (Wildman–Crippen LogP) is 5.49. The maximum atomic E-state index is 16.4. The van der Waals surface area contributed by atoms with Crippen molar-refractivity contribution >= 4 is 28.0 Å². The molecule has 1 saturated heterocycles. The summed E-state index contributed by atoms with van der Waals surface area (Å²) in [4.78, 5) is 52.3. The van der Waals surface area contributed by atoms with E-state index in [1.54, 1.807) is 23.4 Å². The third-order valence-corrected chi connectivity index (χ3v) is 8.98. The normalized spacial score (nSPS) is 18.7. The van der Waals surface area contributed by atoms with E-state index in [-0.39, 0.29) is 40.8 Å². The Morgan fingerprint density at radius 2 is 1.80 bits per heavy atom. The van der Waals surface area contributed by atoms with Crippen LogP contribution in [-0.4, -0.2) is 52.2 Å². The molecule has 0 saturated carbocycles. The third-order valence-electron chi connectivity index (χ3n) is 8.98. The van der Waals surface area contributed by atoms with Crippen LogP contribution in [0.3, 0.4) is 0 Å². The van der Waals surface area contributed by atoms with E-state index in [1.807, 2.05) is 53.7 Å². The zero-order valence-corrected chi connectivity index (χ0v) is 26.3. The van der Waals surface area contributed by atoms with Gasteiger partial charge in [-0.15, -0.1) is 0 Å². The van der Waals surface area contributed by atoms with Crippen molar-refractivity contribution in [2.75, 3.05) is 0 Å². The molecule has 2 atom stereocenters. The molecule has 6 rings (SSSR count). The summed E-state index contributed by atoms with van der Waals surface area (Å²) in [6.45, 7) is 15.1. The van der Waals surface area contributed by atoms with Crippen LogP contribution in [0, 0.1) is 19.7 Å². The lowest BCUT2D eigenvalue weighted by Gasteiger charge is -2.43. The molecule has 0 spiro atoms. The molecule has 1 N–H and O–H groups in total. The highest BCUT2D eigenvalue weighted by molar-refractivity contribution is 5.96. The molecule has 0 aliphatic carbocycles. The van der Waals surface area contributed by atoms with Gasteiger partial charge in [-0.3, -0.25) is 33.6 Å². The van der Waals surface area contributed by atoms with Gasteiger partial charge in [-0.2, -0.15) is 5.10 Å². The molecule has 5 aromatic rings. The number of aromatic nitrogens is 6. The van der Waals surface area contributed by atoms with Crippen LogP contribution in [0.1, 0.15) is 69.3 Å². The molecule has 0 unspecified atom stereocenters. The molecular weight excluding hydrogens is 573 g/mol. The van der Waals surface area contributed by atoms with Crippen LogP contribution in [0.25, 0.3) is 39.0 Å². The lowest BCUT2D eigenvalue weighted by molar-refractivity contribution is -0.132. The number of aromatic amines is 1. The molecule has 11 heteroatoms. The number of rotatable bonds is 5. The fourth-order valence-electron chi connectivity index (χ4n) is 6.98. The molecule has 0 bridgehead atoms. The van der Waals surface area contributed by atoms with Crippen LogP contribution in [-0.2, 0) is 4.79 Å². The van der Waals surface area contributed by atoms with Gasteiger partial charge in [-0.25, -0.2) is 9.37 Å². The number of nitrogens with zero attached hydrogens (tertiary/aromatic N) is 6. The Balaban J connectivity index is 1.71. The summed E-state index contributed by atoms with van der Waals surface area (Å²) in [6.07, 6.45) is 5.36. The van der Waals surface area contributed by atoms with Crippen molar-refractivity contribution in [2.45, 2.75) is 78.4 Å². The Hall–Kier alpha value is -4.93. The van der Waals surface area contributed by atoms with Crippen LogP contribution in [0.5, 0.6) is 0 Å². The van der Waals surface area contributed by atoms with Crippen molar-refractivity contribution in [1.29, 1.82) is 0 Å². The van der Waals surface area contributed by atoms with Gasteiger partial charge in [0.05, 0.1) is 28.6 Å². The second-order valence-electron chi connectivity index (χ2n) is 12.4. The molecule has 1 amide bonds. The smallest absolute Gasteiger partial charge is 0.322 e. The molecular formula is C34H36FN7O3. The number of halogens is 1. The summed E-state index contributed by atoms with van der Waals surface area (Å²) in [7, 11) is 0. The summed E-state index contributed by atoms with van der Waals surface area (Å²) in [5.41, 5.74) is 2.67. The zero-order chi connectivity index (χ0) is 32.3. The largest absolute Gasteiger partial charge is 0.334 e. The Morgan fingerprint density at radius 1 is 1.09 bits per heavy atom. The summed E-state index contributed by atoms with van der Waals surface area (Å²) >= 11 is 0. The fourth-order valence-corrected chi connectivity index (χ4v) is 6.98. The van der Waals surface area contributed by atoms with Crippen LogP contribution >= 0.6 is 0 Å². The minimum absolute atomic E-state index is 0.0473. The van der Waals surface area contributed by atoms with Gasteiger partial charge in [0, 0.05) is 41.3 Å². The second-order valence-corrected chi connectivity index (χ2v) is 12.4. The molecule has 10 nitrogen and oxygen atoms in total. The predicted molar refractivity (Wildman–Crippen MR) is 172 cm³/mol. The highest BCUT2D eigenvalue weighted by Crippen LogP contribution is 2.36. The zero-order valence-electron chi connectivity index (χ0n) is 26.3. The Morgan fingerprint density at radius 3 is 2.47 bits per heavy atom. The maximum absolute atomic E-state index is 16.4. The molecule has 1 aliphatic rings. The van der Waals surface area contributed by atoms with Gasteiger partial charge < -0.3 is 4.90 Å². The molecule has 5 heterocycles. The number of fused-ring (bicyclic) bond motifs is 2. The van der Waals surface area contributed by atoms with Gasteiger partial charge in [-0.05, 0) is 75.8 Å². The van der Waals surface area contributed by atoms with Gasteiger partial charge in [0.1, 0.15) is 5.69 Å². The van der Waals surface area contributed by atoms with Gasteiger partial charge >= 0.3 is 11.1 Å². The van der Waals surface area contributed by atoms with Crippen molar-refractivity contribution < 1.29 is 9.18 Å². The van der Waals surface area contributed by atoms with E-state index < -0.39 is 23.0 Å². The van der Waals surface area contributed by atoms with Crippen LogP contribution < -0.4 is 11.1 Å². The van der Waals surface area contributed by atoms with E-state index in [2.05, 4.69) is 21.8 Å². The molecule has 1 fully saturated rings. The van der Waals surface area contributed by atoms with Crippen molar-refractivity contribution in [3.05, 3.63) is 92.7 Å². The first-order valence-corrected chi connectivity index (χ1v) is 15.2. The number of pyridine rings is 2. The van der Waals surface area contributed by atoms with E-state index in [0.29, 0.717) is 40.7 Å². The van der Waals surface area contributed by atoms with E-state index in [0.717, 1.165) is 11.1 Å². The van der Waals surface area contributed by atoms with Crippen LogP contribution in [0.15, 0.2) is 58.9 Å². The van der Waals surface area contributed by atoms with E-state index >= 15 is 4.39 Å². The number of aryl methyl sites for hydroxylation is 2. The molecule has 4 aromatic heterocycles. The van der Waals surface area contributed by atoms with Gasteiger partial charge in [-0.1, -0.05) is 26.5 Å². The summed E-state index contributed by atoms with van der Waals surface area (Å²) in [5, 5.41) is 7.76. The summed E-state index contributed by atoms with van der Waals surface area (Å²) in [5.74, 6) is -0.917. The standard InChI is InChI=1S/C34H36FN7O3/c1-8-27(43)40-20(6)13-22(14-21(40)7)41-26-15-24(35)30(28-18(4)9-10-25-23(28)16-37-39-25)38-32(26)42(34(45)33(41)44)31-19(5)11-12-36-29(31)17(2)3/h8-12,15-17,20-22H,1,13-14H2,2-7H3,(H,37,39)/t20-,21-/m1/s1. The van der Waals surface area contributed by atoms with Crippen LogP contribution in [0.4, 0.5) is 4.39 Å². The third kappa shape index (κ3) is 4.77. The van der Waals surface area contributed by atoms with Crippen molar-refractivity contribution in [3.63, 3.8) is 0 Å². The Labute approximate surface area is 259 Å².